The molecule has 4 heteroatoms. The summed E-state index contributed by atoms with van der Waals surface area (Å²) in [4.78, 5) is 12.0. The monoisotopic (exact) mass is 229 g/mol. The summed E-state index contributed by atoms with van der Waals surface area (Å²) in [6.45, 7) is 8.67. The average molecular weight is 229 g/mol. The van der Waals surface area contributed by atoms with Crippen LogP contribution in [-0.2, 0) is 14.3 Å². The van der Waals surface area contributed by atoms with Crippen molar-refractivity contribution in [3.63, 3.8) is 0 Å². The van der Waals surface area contributed by atoms with Crippen molar-refractivity contribution in [2.45, 2.75) is 57.7 Å². The number of hydrogen-bond donors (Lipinski definition) is 1. The lowest BCUT2D eigenvalue weighted by atomic mass is 9.80. The molecule has 1 aliphatic rings. The number of hydrogen-bond acceptors (Lipinski definition) is 4. The predicted octanol–water partition coefficient (Wildman–Crippen LogP) is 1.49. The Kier molecular flexibility index (Phi) is 3.97. The van der Waals surface area contributed by atoms with E-state index in [1.165, 1.54) is 7.11 Å². The zero-order valence-corrected chi connectivity index (χ0v) is 10.9. The second-order valence-corrected chi connectivity index (χ2v) is 5.41. The number of esters is 1. The first-order chi connectivity index (χ1) is 7.31. The van der Waals surface area contributed by atoms with Gasteiger partial charge < -0.3 is 9.47 Å². The van der Waals surface area contributed by atoms with Crippen molar-refractivity contribution in [1.29, 1.82) is 0 Å². The number of methoxy groups -OCH3 is 1. The van der Waals surface area contributed by atoms with E-state index >= 15 is 0 Å². The van der Waals surface area contributed by atoms with Gasteiger partial charge in [0.05, 0.1) is 12.7 Å². The van der Waals surface area contributed by atoms with Gasteiger partial charge in [-0.1, -0.05) is 0 Å². The third-order valence-electron chi connectivity index (χ3n) is 2.89. The summed E-state index contributed by atoms with van der Waals surface area (Å²) in [7, 11) is 1.44. The molecule has 1 N–H and O–H groups in total. The van der Waals surface area contributed by atoms with Crippen molar-refractivity contribution < 1.29 is 14.3 Å². The molecule has 1 unspecified atom stereocenters. The maximum Gasteiger partial charge on any atom is 0.326 e. The van der Waals surface area contributed by atoms with Gasteiger partial charge in [0.2, 0.25) is 0 Å². The normalized spacial score (nSPS) is 29.1. The van der Waals surface area contributed by atoms with Crippen molar-refractivity contribution in [2.75, 3.05) is 13.7 Å². The summed E-state index contributed by atoms with van der Waals surface area (Å²) in [5.41, 5.74) is -0.876. The number of rotatable bonds is 3. The van der Waals surface area contributed by atoms with Gasteiger partial charge in [0.25, 0.3) is 0 Å². The average Bonchev–Trinajstić information content (AvgIpc) is 2.13. The molecule has 0 amide bonds. The summed E-state index contributed by atoms with van der Waals surface area (Å²) >= 11 is 0. The van der Waals surface area contributed by atoms with Crippen LogP contribution in [0.4, 0.5) is 0 Å². The van der Waals surface area contributed by atoms with E-state index in [2.05, 4.69) is 5.32 Å². The van der Waals surface area contributed by atoms with Crippen LogP contribution in [0.5, 0.6) is 0 Å². The minimum atomic E-state index is -0.593. The van der Waals surface area contributed by atoms with Crippen LogP contribution in [0.1, 0.15) is 40.5 Å². The van der Waals surface area contributed by atoms with Crippen molar-refractivity contribution in [1.82, 2.24) is 5.32 Å². The minimum Gasteiger partial charge on any atom is -0.468 e. The molecule has 94 valence electrons. The Morgan fingerprint density at radius 3 is 2.50 bits per heavy atom. The summed E-state index contributed by atoms with van der Waals surface area (Å²) in [6.07, 6.45) is 1.31. The van der Waals surface area contributed by atoms with Gasteiger partial charge in [-0.25, -0.2) is 0 Å². The largest absolute Gasteiger partial charge is 0.468 e. The lowest BCUT2D eigenvalue weighted by Crippen LogP contribution is -2.61. The van der Waals surface area contributed by atoms with Crippen molar-refractivity contribution in [3.8, 4) is 0 Å². The van der Waals surface area contributed by atoms with Crippen LogP contribution in [0.25, 0.3) is 0 Å². The van der Waals surface area contributed by atoms with Crippen LogP contribution in [0, 0.1) is 0 Å². The summed E-state index contributed by atoms with van der Waals surface area (Å²) in [5.74, 6) is -0.183. The van der Waals surface area contributed by atoms with E-state index in [4.69, 9.17) is 9.47 Å². The molecule has 1 saturated heterocycles. The van der Waals surface area contributed by atoms with Gasteiger partial charge in [0.15, 0.2) is 0 Å². The summed E-state index contributed by atoms with van der Waals surface area (Å²) in [5, 5.41) is 3.35. The molecule has 1 heterocycles. The zero-order valence-electron chi connectivity index (χ0n) is 10.9. The van der Waals surface area contributed by atoms with E-state index in [-0.39, 0.29) is 17.6 Å². The van der Waals surface area contributed by atoms with E-state index in [1.54, 1.807) is 0 Å². The third-order valence-corrected chi connectivity index (χ3v) is 2.89. The first-order valence-corrected chi connectivity index (χ1v) is 5.81. The molecule has 0 aromatic carbocycles. The van der Waals surface area contributed by atoms with Gasteiger partial charge in [0.1, 0.15) is 5.54 Å². The van der Waals surface area contributed by atoms with Gasteiger partial charge in [0, 0.05) is 19.1 Å². The molecule has 0 aliphatic carbocycles. The first-order valence-electron chi connectivity index (χ1n) is 5.81. The maximum absolute atomic E-state index is 12.0. The molecule has 16 heavy (non-hydrogen) atoms. The molecular weight excluding hydrogens is 206 g/mol. The Bertz CT molecular complexity index is 263. The molecule has 1 rings (SSSR count). The van der Waals surface area contributed by atoms with Gasteiger partial charge in [-0.05, 0) is 34.1 Å². The molecule has 0 bridgehead atoms. The van der Waals surface area contributed by atoms with Crippen LogP contribution in [0.2, 0.25) is 0 Å². The number of ether oxygens (including phenoxy) is 2. The smallest absolute Gasteiger partial charge is 0.326 e. The standard InChI is InChI=1S/C12H23NO3/c1-9(2)13-12(10(14)15-5)6-7-16-11(3,4)8-12/h9,13H,6-8H2,1-5H3. The molecular formula is C12H23NO3. The highest BCUT2D eigenvalue weighted by Crippen LogP contribution is 2.33. The van der Waals surface area contributed by atoms with Gasteiger partial charge in [-0.2, -0.15) is 0 Å². The van der Waals surface area contributed by atoms with Crippen LogP contribution >= 0.6 is 0 Å². The van der Waals surface area contributed by atoms with E-state index < -0.39 is 5.54 Å². The van der Waals surface area contributed by atoms with Crippen molar-refractivity contribution in [3.05, 3.63) is 0 Å². The number of carbonyl (C=O) groups is 1. The molecule has 0 spiro atoms. The highest BCUT2D eigenvalue weighted by molar-refractivity contribution is 5.81. The fraction of sp³-hybridized carbons (Fsp3) is 0.917. The van der Waals surface area contributed by atoms with Crippen LogP contribution in [0.3, 0.4) is 0 Å². The van der Waals surface area contributed by atoms with Crippen molar-refractivity contribution in [2.24, 2.45) is 0 Å². The van der Waals surface area contributed by atoms with Crippen LogP contribution in [0.15, 0.2) is 0 Å². The molecule has 0 aromatic heterocycles. The molecule has 0 radical (unpaired) electrons. The van der Waals surface area contributed by atoms with E-state index in [0.29, 0.717) is 19.4 Å². The Labute approximate surface area is 97.7 Å². The minimum absolute atomic E-state index is 0.183. The Morgan fingerprint density at radius 1 is 1.44 bits per heavy atom. The second-order valence-electron chi connectivity index (χ2n) is 5.41. The topological polar surface area (TPSA) is 47.6 Å². The number of nitrogens with one attached hydrogen (secondary N) is 1. The molecule has 1 aliphatic heterocycles. The SMILES string of the molecule is COC(=O)C1(NC(C)C)CCOC(C)(C)C1. The van der Waals surface area contributed by atoms with Gasteiger partial charge >= 0.3 is 5.97 Å². The first kappa shape index (κ1) is 13.5. The Balaban J connectivity index is 2.90. The highest BCUT2D eigenvalue weighted by Gasteiger charge is 2.47. The molecule has 0 aromatic rings. The molecule has 4 nitrogen and oxygen atoms in total. The zero-order chi connectivity index (χ0) is 12.4. The second kappa shape index (κ2) is 4.72. The lowest BCUT2D eigenvalue weighted by Gasteiger charge is -2.44. The van der Waals surface area contributed by atoms with E-state index in [0.717, 1.165) is 0 Å². The molecule has 1 fully saturated rings. The molecule has 1 atom stereocenters. The lowest BCUT2D eigenvalue weighted by molar-refractivity contribution is -0.162. The van der Waals surface area contributed by atoms with Crippen LogP contribution < -0.4 is 5.32 Å². The fourth-order valence-electron chi connectivity index (χ4n) is 2.47. The highest BCUT2D eigenvalue weighted by atomic mass is 16.5. The summed E-state index contributed by atoms with van der Waals surface area (Å²) < 4.78 is 10.6. The van der Waals surface area contributed by atoms with E-state index in [1.807, 2.05) is 27.7 Å². The quantitative estimate of drug-likeness (QED) is 0.745. The predicted molar refractivity (Wildman–Crippen MR) is 62.3 cm³/mol. The fourth-order valence-corrected chi connectivity index (χ4v) is 2.47. The van der Waals surface area contributed by atoms with Crippen molar-refractivity contribution >= 4 is 5.97 Å². The van der Waals surface area contributed by atoms with Gasteiger partial charge in [-0.3, -0.25) is 10.1 Å². The van der Waals surface area contributed by atoms with E-state index in [9.17, 15) is 4.79 Å². The van der Waals surface area contributed by atoms with Crippen LogP contribution in [-0.4, -0.2) is 36.9 Å². The maximum atomic E-state index is 12.0. The third kappa shape index (κ3) is 2.95. The molecule has 0 saturated carbocycles. The Hall–Kier alpha value is -0.610. The summed E-state index contributed by atoms with van der Waals surface area (Å²) in [6, 6.07) is 0.244. The Morgan fingerprint density at radius 2 is 2.06 bits per heavy atom. The van der Waals surface area contributed by atoms with Gasteiger partial charge in [-0.15, -0.1) is 0 Å². The number of carbonyl (C=O) groups excluding carboxylic acids is 1.